The average Bonchev–Trinajstić information content (AvgIpc) is 2.14. The van der Waals surface area contributed by atoms with Gasteiger partial charge in [-0.3, -0.25) is 4.79 Å². The van der Waals surface area contributed by atoms with Gasteiger partial charge in [0.05, 0.1) is 6.61 Å². The van der Waals surface area contributed by atoms with Gasteiger partial charge < -0.3 is 9.64 Å². The summed E-state index contributed by atoms with van der Waals surface area (Å²) in [6, 6.07) is 0. The molecule has 0 atom stereocenters. The minimum atomic E-state index is 0.221. The first-order valence-electron chi connectivity index (χ1n) is 5.39. The van der Waals surface area contributed by atoms with E-state index < -0.39 is 0 Å². The molecule has 0 radical (unpaired) electrons. The maximum absolute atomic E-state index is 11.5. The summed E-state index contributed by atoms with van der Waals surface area (Å²) in [5.41, 5.74) is 0. The lowest BCUT2D eigenvalue weighted by molar-refractivity contribution is -0.130. The molecule has 0 aliphatic heterocycles. The van der Waals surface area contributed by atoms with Crippen LogP contribution in [0.3, 0.4) is 0 Å². The molecule has 0 aliphatic carbocycles. The van der Waals surface area contributed by atoms with Gasteiger partial charge in [0.25, 0.3) is 0 Å². The monoisotopic (exact) mass is 201 g/mol. The van der Waals surface area contributed by atoms with E-state index in [0.717, 1.165) is 6.42 Å². The molecule has 3 heteroatoms. The molecule has 3 nitrogen and oxygen atoms in total. The zero-order valence-corrected chi connectivity index (χ0v) is 9.88. The van der Waals surface area contributed by atoms with Gasteiger partial charge in [0, 0.05) is 26.6 Å². The van der Waals surface area contributed by atoms with Crippen molar-refractivity contribution in [3.05, 3.63) is 0 Å². The lowest BCUT2D eigenvalue weighted by Gasteiger charge is -2.17. The number of carbonyl (C=O) groups is 1. The van der Waals surface area contributed by atoms with Gasteiger partial charge in [-0.2, -0.15) is 0 Å². The molecule has 1 amide bonds. The highest BCUT2D eigenvalue weighted by Crippen LogP contribution is 2.05. The van der Waals surface area contributed by atoms with Gasteiger partial charge in [0.15, 0.2) is 0 Å². The van der Waals surface area contributed by atoms with Crippen molar-refractivity contribution in [2.45, 2.75) is 33.6 Å². The summed E-state index contributed by atoms with van der Waals surface area (Å²) in [5, 5.41) is 0. The molecule has 0 rings (SSSR count). The molecule has 0 saturated carbocycles. The first kappa shape index (κ1) is 13.4. The summed E-state index contributed by atoms with van der Waals surface area (Å²) in [6.45, 7) is 8.28. The van der Waals surface area contributed by atoms with Crippen molar-refractivity contribution in [3.63, 3.8) is 0 Å². The number of hydrogen-bond acceptors (Lipinski definition) is 2. The largest absolute Gasteiger partial charge is 0.380 e. The molecule has 0 fully saturated rings. The maximum Gasteiger partial charge on any atom is 0.222 e. The molecule has 0 bridgehead atoms. The van der Waals surface area contributed by atoms with Crippen LogP contribution in [0, 0.1) is 5.92 Å². The second-order valence-corrected chi connectivity index (χ2v) is 3.94. The first-order valence-corrected chi connectivity index (χ1v) is 5.39. The van der Waals surface area contributed by atoms with Crippen LogP contribution in [0.4, 0.5) is 0 Å². The Bertz CT molecular complexity index is 157. The van der Waals surface area contributed by atoms with E-state index in [1.165, 1.54) is 0 Å². The van der Waals surface area contributed by atoms with Gasteiger partial charge in [-0.1, -0.05) is 13.8 Å². The standard InChI is InChI=1S/C11H23NO2/c1-5-14-9-8-12(4)11(13)7-6-10(2)3/h10H,5-9H2,1-4H3. The van der Waals surface area contributed by atoms with Crippen molar-refractivity contribution < 1.29 is 9.53 Å². The number of rotatable bonds is 7. The van der Waals surface area contributed by atoms with Crippen LogP contribution >= 0.6 is 0 Å². The Morgan fingerprint density at radius 3 is 2.57 bits per heavy atom. The zero-order chi connectivity index (χ0) is 11.0. The number of nitrogens with zero attached hydrogens (tertiary/aromatic N) is 1. The molecule has 0 aromatic rings. The van der Waals surface area contributed by atoms with Crippen LogP contribution in [-0.4, -0.2) is 37.6 Å². The normalized spacial score (nSPS) is 10.6. The SMILES string of the molecule is CCOCCN(C)C(=O)CCC(C)C. The third-order valence-corrected chi connectivity index (χ3v) is 2.14. The molecule has 0 aliphatic rings. The molecule has 0 heterocycles. The van der Waals surface area contributed by atoms with Gasteiger partial charge in [0.1, 0.15) is 0 Å². The van der Waals surface area contributed by atoms with Crippen LogP contribution in [0.15, 0.2) is 0 Å². The summed E-state index contributed by atoms with van der Waals surface area (Å²) in [6.07, 6.45) is 1.62. The fourth-order valence-electron chi connectivity index (χ4n) is 1.07. The van der Waals surface area contributed by atoms with E-state index in [2.05, 4.69) is 13.8 Å². The minimum Gasteiger partial charge on any atom is -0.380 e. The van der Waals surface area contributed by atoms with Crippen molar-refractivity contribution in [1.82, 2.24) is 4.90 Å². The van der Waals surface area contributed by atoms with Crippen LogP contribution in [0.2, 0.25) is 0 Å². The van der Waals surface area contributed by atoms with Crippen LogP contribution < -0.4 is 0 Å². The van der Waals surface area contributed by atoms with Crippen molar-refractivity contribution in [3.8, 4) is 0 Å². The Labute approximate surface area is 87.4 Å². The Morgan fingerprint density at radius 2 is 2.07 bits per heavy atom. The van der Waals surface area contributed by atoms with Crippen LogP contribution in [0.25, 0.3) is 0 Å². The maximum atomic E-state index is 11.5. The smallest absolute Gasteiger partial charge is 0.222 e. The van der Waals surface area contributed by atoms with Crippen LogP contribution in [0.1, 0.15) is 33.6 Å². The zero-order valence-electron chi connectivity index (χ0n) is 9.88. The number of likely N-dealkylation sites (N-methyl/N-ethyl adjacent to an activating group) is 1. The highest BCUT2D eigenvalue weighted by molar-refractivity contribution is 5.75. The van der Waals surface area contributed by atoms with Crippen LogP contribution in [-0.2, 0) is 9.53 Å². The quantitative estimate of drug-likeness (QED) is 0.589. The number of carbonyl (C=O) groups excluding carboxylic acids is 1. The third kappa shape index (κ3) is 6.89. The third-order valence-electron chi connectivity index (χ3n) is 2.14. The molecule has 0 aromatic carbocycles. The van der Waals surface area contributed by atoms with Crippen molar-refractivity contribution in [1.29, 1.82) is 0 Å². The van der Waals surface area contributed by atoms with E-state index in [1.807, 2.05) is 14.0 Å². The predicted octanol–water partition coefficient (Wildman–Crippen LogP) is 1.92. The lowest BCUT2D eigenvalue weighted by atomic mass is 10.1. The summed E-state index contributed by atoms with van der Waals surface area (Å²) < 4.78 is 5.19. The van der Waals surface area contributed by atoms with E-state index >= 15 is 0 Å². The molecule has 0 unspecified atom stereocenters. The molecular formula is C11H23NO2. The van der Waals surface area contributed by atoms with E-state index in [0.29, 0.717) is 32.1 Å². The van der Waals surface area contributed by atoms with Gasteiger partial charge in [-0.15, -0.1) is 0 Å². The van der Waals surface area contributed by atoms with E-state index in [-0.39, 0.29) is 5.91 Å². The van der Waals surface area contributed by atoms with Crippen molar-refractivity contribution in [2.24, 2.45) is 5.92 Å². The highest BCUT2D eigenvalue weighted by atomic mass is 16.5. The highest BCUT2D eigenvalue weighted by Gasteiger charge is 2.08. The molecule has 0 aromatic heterocycles. The van der Waals surface area contributed by atoms with Gasteiger partial charge in [0.2, 0.25) is 5.91 Å². The molecule has 0 saturated heterocycles. The molecule has 0 N–H and O–H groups in total. The van der Waals surface area contributed by atoms with E-state index in [9.17, 15) is 4.79 Å². The molecule has 84 valence electrons. The Hall–Kier alpha value is -0.570. The number of hydrogen-bond donors (Lipinski definition) is 0. The fraction of sp³-hybridized carbons (Fsp3) is 0.909. The summed E-state index contributed by atoms with van der Waals surface area (Å²) in [7, 11) is 1.84. The molecule has 0 spiro atoms. The number of ether oxygens (including phenoxy) is 1. The molecule has 14 heavy (non-hydrogen) atoms. The molecular weight excluding hydrogens is 178 g/mol. The second kappa shape index (κ2) is 7.80. The van der Waals surface area contributed by atoms with Gasteiger partial charge in [-0.05, 0) is 19.3 Å². The summed E-state index contributed by atoms with van der Waals surface area (Å²) in [5.74, 6) is 0.817. The second-order valence-electron chi connectivity index (χ2n) is 3.94. The van der Waals surface area contributed by atoms with Gasteiger partial charge in [-0.25, -0.2) is 0 Å². The minimum absolute atomic E-state index is 0.221. The topological polar surface area (TPSA) is 29.5 Å². The van der Waals surface area contributed by atoms with Crippen molar-refractivity contribution >= 4 is 5.91 Å². The summed E-state index contributed by atoms with van der Waals surface area (Å²) in [4.78, 5) is 13.3. The van der Waals surface area contributed by atoms with Gasteiger partial charge >= 0.3 is 0 Å². The number of amides is 1. The first-order chi connectivity index (χ1) is 6.57. The van der Waals surface area contributed by atoms with Crippen LogP contribution in [0.5, 0.6) is 0 Å². The average molecular weight is 201 g/mol. The lowest BCUT2D eigenvalue weighted by Crippen LogP contribution is -2.30. The Morgan fingerprint density at radius 1 is 1.43 bits per heavy atom. The Balaban J connectivity index is 3.54. The predicted molar refractivity (Wildman–Crippen MR) is 58.2 cm³/mol. The van der Waals surface area contributed by atoms with Crippen molar-refractivity contribution in [2.75, 3.05) is 26.8 Å². The summed E-state index contributed by atoms with van der Waals surface area (Å²) >= 11 is 0. The van der Waals surface area contributed by atoms with E-state index in [1.54, 1.807) is 4.90 Å². The fourth-order valence-corrected chi connectivity index (χ4v) is 1.07. The van der Waals surface area contributed by atoms with E-state index in [4.69, 9.17) is 4.74 Å². The Kier molecular flexibility index (Phi) is 7.48.